The molecule has 1 amide bonds. The summed E-state index contributed by atoms with van der Waals surface area (Å²) in [7, 11) is 1.31. The fourth-order valence-corrected chi connectivity index (χ4v) is 2.61. The molecule has 0 aromatic heterocycles. The molecular weight excluding hydrogens is 312 g/mol. The highest BCUT2D eigenvalue weighted by Crippen LogP contribution is 2.23. The van der Waals surface area contributed by atoms with Crippen molar-refractivity contribution in [2.75, 3.05) is 18.2 Å². The second kappa shape index (κ2) is 8.01. The molecule has 6 heteroatoms. The van der Waals surface area contributed by atoms with E-state index in [2.05, 4.69) is 10.1 Å². The number of nitrogens with zero attached hydrogens (tertiary/aromatic N) is 1. The van der Waals surface area contributed by atoms with Gasteiger partial charge < -0.3 is 10.1 Å². The van der Waals surface area contributed by atoms with Crippen molar-refractivity contribution in [2.45, 2.75) is 4.90 Å². The van der Waals surface area contributed by atoms with Crippen LogP contribution in [0.1, 0.15) is 20.7 Å². The van der Waals surface area contributed by atoms with Crippen LogP contribution < -0.4 is 5.32 Å². The largest absolute Gasteiger partial charge is 0.465 e. The van der Waals surface area contributed by atoms with E-state index in [1.807, 2.05) is 12.1 Å². The highest BCUT2D eigenvalue weighted by Gasteiger charge is 2.12. The molecule has 0 radical (unpaired) electrons. The molecule has 2 rings (SSSR count). The molecule has 0 unspecified atom stereocenters. The Morgan fingerprint density at radius 3 is 2.52 bits per heavy atom. The number of carbonyl (C=O) groups excluding carboxylic acids is 2. The Kier molecular flexibility index (Phi) is 5.78. The Labute approximate surface area is 138 Å². The van der Waals surface area contributed by atoms with Crippen molar-refractivity contribution in [2.24, 2.45) is 0 Å². The Balaban J connectivity index is 2.13. The van der Waals surface area contributed by atoms with Crippen LogP contribution in [0.15, 0.2) is 53.4 Å². The number of benzene rings is 2. The minimum Gasteiger partial charge on any atom is -0.465 e. The predicted octanol–water partition coefficient (Wildman–Crippen LogP) is 3.34. The van der Waals surface area contributed by atoms with Crippen LogP contribution in [-0.4, -0.2) is 24.7 Å². The van der Waals surface area contributed by atoms with Gasteiger partial charge in [-0.1, -0.05) is 12.1 Å². The number of nitrogens with one attached hydrogen (secondary N) is 1. The second-order valence-electron chi connectivity index (χ2n) is 4.47. The van der Waals surface area contributed by atoms with Gasteiger partial charge in [-0.3, -0.25) is 4.79 Å². The number of ether oxygens (including phenoxy) is 1. The molecule has 2 aromatic carbocycles. The van der Waals surface area contributed by atoms with Crippen LogP contribution >= 0.6 is 11.8 Å². The van der Waals surface area contributed by atoms with Gasteiger partial charge in [0.05, 0.1) is 30.1 Å². The number of hydrogen-bond donors (Lipinski definition) is 1. The summed E-state index contributed by atoms with van der Waals surface area (Å²) in [6.45, 7) is 0. The fraction of sp³-hybridized carbons (Fsp3) is 0.118. The summed E-state index contributed by atoms with van der Waals surface area (Å²) >= 11 is 1.31. The monoisotopic (exact) mass is 326 g/mol. The molecule has 116 valence electrons. The van der Waals surface area contributed by atoms with Crippen molar-refractivity contribution < 1.29 is 14.3 Å². The zero-order chi connectivity index (χ0) is 16.7. The molecule has 5 nitrogen and oxygen atoms in total. The molecule has 0 aliphatic heterocycles. The SMILES string of the molecule is COC(=O)c1ccc(NC(=O)c2ccccc2SCC#N)cc1. The molecule has 0 saturated carbocycles. The zero-order valence-corrected chi connectivity index (χ0v) is 13.2. The van der Waals surface area contributed by atoms with Gasteiger partial charge in [-0.25, -0.2) is 4.79 Å². The molecule has 23 heavy (non-hydrogen) atoms. The van der Waals surface area contributed by atoms with Gasteiger partial charge in [-0.2, -0.15) is 5.26 Å². The predicted molar refractivity (Wildman–Crippen MR) is 88.5 cm³/mol. The molecule has 0 aliphatic rings. The number of esters is 1. The lowest BCUT2D eigenvalue weighted by Gasteiger charge is -2.09. The third kappa shape index (κ3) is 4.34. The number of carbonyl (C=O) groups is 2. The van der Waals surface area contributed by atoms with Gasteiger partial charge in [0.2, 0.25) is 0 Å². The van der Waals surface area contributed by atoms with Gasteiger partial charge in [0.25, 0.3) is 5.91 Å². The summed E-state index contributed by atoms with van der Waals surface area (Å²) in [4.78, 5) is 24.5. The van der Waals surface area contributed by atoms with E-state index in [0.717, 1.165) is 4.90 Å². The molecule has 0 saturated heterocycles. The first-order valence-corrected chi connectivity index (χ1v) is 7.72. The normalized spacial score (nSPS) is 9.74. The highest BCUT2D eigenvalue weighted by molar-refractivity contribution is 7.99. The zero-order valence-electron chi connectivity index (χ0n) is 12.4. The lowest BCUT2D eigenvalue weighted by molar-refractivity contribution is 0.0600. The Bertz CT molecular complexity index is 751. The van der Waals surface area contributed by atoms with Crippen LogP contribution in [0.4, 0.5) is 5.69 Å². The number of hydrogen-bond acceptors (Lipinski definition) is 5. The maximum atomic E-state index is 12.4. The number of amides is 1. The summed E-state index contributed by atoms with van der Waals surface area (Å²) in [5, 5.41) is 11.4. The van der Waals surface area contributed by atoms with Crippen LogP contribution in [0.25, 0.3) is 0 Å². The molecule has 0 heterocycles. The first-order valence-electron chi connectivity index (χ1n) is 6.74. The van der Waals surface area contributed by atoms with E-state index in [9.17, 15) is 9.59 Å². The highest BCUT2D eigenvalue weighted by atomic mass is 32.2. The van der Waals surface area contributed by atoms with Crippen molar-refractivity contribution in [1.29, 1.82) is 5.26 Å². The maximum absolute atomic E-state index is 12.4. The number of thioether (sulfide) groups is 1. The number of rotatable bonds is 5. The number of methoxy groups -OCH3 is 1. The molecule has 2 aromatic rings. The van der Waals surface area contributed by atoms with Gasteiger partial charge in [0, 0.05) is 10.6 Å². The van der Waals surface area contributed by atoms with Crippen molar-refractivity contribution in [1.82, 2.24) is 0 Å². The van der Waals surface area contributed by atoms with Gasteiger partial charge in [-0.15, -0.1) is 11.8 Å². The van der Waals surface area contributed by atoms with E-state index < -0.39 is 5.97 Å². The quantitative estimate of drug-likeness (QED) is 0.673. The van der Waals surface area contributed by atoms with Crippen molar-refractivity contribution in [3.8, 4) is 6.07 Å². The Morgan fingerprint density at radius 1 is 1.17 bits per heavy atom. The average Bonchev–Trinajstić information content (AvgIpc) is 2.60. The van der Waals surface area contributed by atoms with Crippen molar-refractivity contribution in [3.63, 3.8) is 0 Å². The summed E-state index contributed by atoms with van der Waals surface area (Å²) in [6, 6.07) is 15.6. The minimum absolute atomic E-state index is 0.267. The first-order chi connectivity index (χ1) is 11.2. The first kappa shape index (κ1) is 16.6. The smallest absolute Gasteiger partial charge is 0.337 e. The number of anilines is 1. The summed E-state index contributed by atoms with van der Waals surface area (Å²) in [5.41, 5.74) is 1.49. The second-order valence-corrected chi connectivity index (χ2v) is 5.48. The van der Waals surface area contributed by atoms with E-state index in [-0.39, 0.29) is 11.7 Å². The molecule has 0 atom stereocenters. The lowest BCUT2D eigenvalue weighted by Crippen LogP contribution is -2.13. The van der Waals surface area contributed by atoms with Gasteiger partial charge in [0.15, 0.2) is 0 Å². The van der Waals surface area contributed by atoms with Crippen molar-refractivity contribution >= 4 is 29.3 Å². The van der Waals surface area contributed by atoms with Gasteiger partial charge in [0.1, 0.15) is 0 Å². The molecule has 0 fully saturated rings. The van der Waals surface area contributed by atoms with Crippen molar-refractivity contribution in [3.05, 3.63) is 59.7 Å². The van der Waals surface area contributed by atoms with E-state index in [0.29, 0.717) is 16.8 Å². The summed E-state index contributed by atoms with van der Waals surface area (Å²) in [6.07, 6.45) is 0. The molecule has 1 N–H and O–H groups in total. The van der Waals surface area contributed by atoms with Crippen LogP contribution in [0.5, 0.6) is 0 Å². The fourth-order valence-electron chi connectivity index (χ4n) is 1.90. The maximum Gasteiger partial charge on any atom is 0.337 e. The van der Waals surface area contributed by atoms with E-state index in [4.69, 9.17) is 5.26 Å². The number of nitriles is 1. The molecule has 0 aliphatic carbocycles. The minimum atomic E-state index is -0.430. The standard InChI is InChI=1S/C17H14N2O3S/c1-22-17(21)12-6-8-13(9-7-12)19-16(20)14-4-2-3-5-15(14)23-11-10-18/h2-9H,11H2,1H3,(H,19,20). The Morgan fingerprint density at radius 2 is 1.87 bits per heavy atom. The van der Waals surface area contributed by atoms with Gasteiger partial charge >= 0.3 is 5.97 Å². The third-order valence-corrected chi connectivity index (χ3v) is 3.93. The summed E-state index contributed by atoms with van der Waals surface area (Å²) < 4.78 is 4.62. The summed E-state index contributed by atoms with van der Waals surface area (Å²) in [5.74, 6) is -0.420. The van der Waals surface area contributed by atoms with E-state index in [1.54, 1.807) is 42.5 Å². The Hall–Kier alpha value is -2.78. The molecule has 0 spiro atoms. The van der Waals surface area contributed by atoms with Crippen LogP contribution in [0.3, 0.4) is 0 Å². The van der Waals surface area contributed by atoms with Crippen LogP contribution in [0.2, 0.25) is 0 Å². The average molecular weight is 326 g/mol. The lowest BCUT2D eigenvalue weighted by atomic mass is 10.2. The van der Waals surface area contributed by atoms with Crippen LogP contribution in [0, 0.1) is 11.3 Å². The third-order valence-electron chi connectivity index (χ3n) is 2.99. The van der Waals surface area contributed by atoms with E-state index in [1.165, 1.54) is 18.9 Å². The van der Waals surface area contributed by atoms with E-state index >= 15 is 0 Å². The molecule has 0 bridgehead atoms. The van der Waals surface area contributed by atoms with Gasteiger partial charge in [-0.05, 0) is 36.4 Å². The van der Waals surface area contributed by atoms with Crippen LogP contribution in [-0.2, 0) is 4.74 Å². The molecular formula is C17H14N2O3S. The topological polar surface area (TPSA) is 79.2 Å².